The second-order valence-corrected chi connectivity index (χ2v) is 7.31. The van der Waals surface area contributed by atoms with E-state index in [2.05, 4.69) is 10.4 Å². The van der Waals surface area contributed by atoms with Crippen LogP contribution in [0.15, 0.2) is 36.0 Å². The average Bonchev–Trinajstić information content (AvgIpc) is 3.36. The SMILES string of the molecule is CCN(CCn1cccn1)C(=O)N[C@@H]1CCCN(C(=O)c2cccs2)C1. The van der Waals surface area contributed by atoms with Crippen LogP contribution in [-0.2, 0) is 6.54 Å². The van der Waals surface area contributed by atoms with Gasteiger partial charge in [-0.1, -0.05) is 6.07 Å². The fraction of sp³-hybridized carbons (Fsp3) is 0.500. The molecule has 2 aromatic rings. The Morgan fingerprint density at radius 2 is 2.31 bits per heavy atom. The highest BCUT2D eigenvalue weighted by molar-refractivity contribution is 7.12. The van der Waals surface area contributed by atoms with Crippen LogP contribution in [0.4, 0.5) is 4.79 Å². The Morgan fingerprint density at radius 1 is 1.42 bits per heavy atom. The molecule has 0 bridgehead atoms. The molecular formula is C18H25N5O2S. The predicted octanol–water partition coefficient (Wildman–Crippen LogP) is 2.28. The van der Waals surface area contributed by atoms with E-state index < -0.39 is 0 Å². The number of likely N-dealkylation sites (tertiary alicyclic amines) is 1. The summed E-state index contributed by atoms with van der Waals surface area (Å²) in [5.74, 6) is 0.0602. The van der Waals surface area contributed by atoms with Gasteiger partial charge < -0.3 is 15.1 Å². The highest BCUT2D eigenvalue weighted by Crippen LogP contribution is 2.17. The van der Waals surface area contributed by atoms with Crippen LogP contribution in [0.25, 0.3) is 0 Å². The fourth-order valence-corrected chi connectivity index (χ4v) is 3.85. The van der Waals surface area contributed by atoms with Crippen LogP contribution in [-0.4, -0.2) is 63.7 Å². The summed E-state index contributed by atoms with van der Waals surface area (Å²) >= 11 is 1.46. The first-order valence-electron chi connectivity index (χ1n) is 9.03. The number of urea groups is 1. The van der Waals surface area contributed by atoms with Crippen molar-refractivity contribution in [1.82, 2.24) is 24.9 Å². The van der Waals surface area contributed by atoms with Crippen molar-refractivity contribution in [1.29, 1.82) is 0 Å². The molecule has 1 atom stereocenters. The van der Waals surface area contributed by atoms with Crippen LogP contribution in [0.1, 0.15) is 29.4 Å². The van der Waals surface area contributed by atoms with E-state index in [0.717, 1.165) is 24.3 Å². The fourth-order valence-electron chi connectivity index (χ4n) is 3.16. The van der Waals surface area contributed by atoms with Gasteiger partial charge in [-0.15, -0.1) is 11.3 Å². The van der Waals surface area contributed by atoms with Crippen molar-refractivity contribution in [2.24, 2.45) is 0 Å². The number of nitrogens with zero attached hydrogens (tertiary/aromatic N) is 4. The van der Waals surface area contributed by atoms with Gasteiger partial charge in [0.1, 0.15) is 0 Å². The van der Waals surface area contributed by atoms with Gasteiger partial charge in [0.15, 0.2) is 0 Å². The van der Waals surface area contributed by atoms with E-state index in [4.69, 9.17) is 0 Å². The second kappa shape index (κ2) is 8.84. The van der Waals surface area contributed by atoms with Gasteiger partial charge in [-0.2, -0.15) is 5.10 Å². The summed E-state index contributed by atoms with van der Waals surface area (Å²) < 4.78 is 1.82. The first-order chi connectivity index (χ1) is 12.7. The molecule has 3 amide bonds. The van der Waals surface area contributed by atoms with E-state index >= 15 is 0 Å². The predicted molar refractivity (Wildman–Crippen MR) is 101 cm³/mol. The molecule has 1 saturated heterocycles. The van der Waals surface area contributed by atoms with Crippen molar-refractivity contribution in [3.63, 3.8) is 0 Å². The first-order valence-corrected chi connectivity index (χ1v) is 9.91. The quantitative estimate of drug-likeness (QED) is 0.842. The van der Waals surface area contributed by atoms with E-state index in [1.54, 1.807) is 11.1 Å². The summed E-state index contributed by atoms with van der Waals surface area (Å²) in [6.45, 7) is 5.20. The standard InChI is InChI=1S/C18H25N5O2S/c1-2-21(11-12-23-10-5-8-19-23)18(25)20-15-6-3-9-22(14-15)17(24)16-7-4-13-26-16/h4-5,7-8,10,13,15H,2-3,6,9,11-12,14H2,1H3,(H,20,25)/t15-/m1/s1. The molecule has 0 spiro atoms. The lowest BCUT2D eigenvalue weighted by molar-refractivity contribution is 0.0699. The molecule has 3 rings (SSSR count). The Balaban J connectivity index is 1.51. The summed E-state index contributed by atoms with van der Waals surface area (Å²) in [6.07, 6.45) is 5.43. The molecule has 0 aliphatic carbocycles. The minimum absolute atomic E-state index is 0.00100. The van der Waals surface area contributed by atoms with Gasteiger partial charge >= 0.3 is 6.03 Å². The number of hydrogen-bond donors (Lipinski definition) is 1. The molecule has 0 radical (unpaired) electrons. The van der Waals surface area contributed by atoms with Crippen molar-refractivity contribution in [2.75, 3.05) is 26.2 Å². The van der Waals surface area contributed by atoms with Gasteiger partial charge in [0.2, 0.25) is 0 Å². The first kappa shape index (κ1) is 18.4. The topological polar surface area (TPSA) is 70.5 Å². The number of nitrogens with one attached hydrogen (secondary N) is 1. The van der Waals surface area contributed by atoms with Crippen LogP contribution < -0.4 is 5.32 Å². The molecule has 3 heterocycles. The van der Waals surface area contributed by atoms with Crippen molar-refractivity contribution in [3.8, 4) is 0 Å². The highest BCUT2D eigenvalue weighted by Gasteiger charge is 2.27. The Labute approximate surface area is 157 Å². The third-order valence-corrected chi connectivity index (χ3v) is 5.45. The number of thiophene rings is 1. The smallest absolute Gasteiger partial charge is 0.317 e. The summed E-state index contributed by atoms with van der Waals surface area (Å²) in [5, 5.41) is 9.18. The highest BCUT2D eigenvalue weighted by atomic mass is 32.1. The van der Waals surface area contributed by atoms with Crippen LogP contribution >= 0.6 is 11.3 Å². The molecule has 140 valence electrons. The largest absolute Gasteiger partial charge is 0.336 e. The Morgan fingerprint density at radius 3 is 3.00 bits per heavy atom. The summed E-state index contributed by atoms with van der Waals surface area (Å²) in [7, 11) is 0. The summed E-state index contributed by atoms with van der Waals surface area (Å²) in [6, 6.07) is 5.54. The number of carbonyl (C=O) groups excluding carboxylic acids is 2. The third-order valence-electron chi connectivity index (χ3n) is 4.60. The van der Waals surface area contributed by atoms with Crippen molar-refractivity contribution in [3.05, 3.63) is 40.8 Å². The van der Waals surface area contributed by atoms with Crippen LogP contribution in [0.5, 0.6) is 0 Å². The molecular weight excluding hydrogens is 350 g/mol. The van der Waals surface area contributed by atoms with E-state index in [9.17, 15) is 9.59 Å². The molecule has 8 heteroatoms. The zero-order valence-electron chi connectivity index (χ0n) is 15.0. The molecule has 1 N–H and O–H groups in total. The molecule has 2 aromatic heterocycles. The molecule has 0 saturated carbocycles. The maximum Gasteiger partial charge on any atom is 0.317 e. The molecule has 7 nitrogen and oxygen atoms in total. The number of likely N-dealkylation sites (N-methyl/N-ethyl adjacent to an activating group) is 1. The van der Waals surface area contributed by atoms with Crippen LogP contribution in [0.3, 0.4) is 0 Å². The number of amides is 3. The molecule has 1 aliphatic rings. The van der Waals surface area contributed by atoms with Gasteiger partial charge in [-0.05, 0) is 37.3 Å². The van der Waals surface area contributed by atoms with E-state index in [-0.39, 0.29) is 18.0 Å². The van der Waals surface area contributed by atoms with E-state index in [0.29, 0.717) is 26.2 Å². The Kier molecular flexibility index (Phi) is 6.27. The Bertz CT molecular complexity index is 701. The number of aromatic nitrogens is 2. The van der Waals surface area contributed by atoms with Gasteiger partial charge in [-0.25, -0.2) is 4.79 Å². The van der Waals surface area contributed by atoms with Gasteiger partial charge in [0, 0.05) is 44.6 Å². The summed E-state index contributed by atoms with van der Waals surface area (Å²) in [5.41, 5.74) is 0. The maximum absolute atomic E-state index is 12.6. The van der Waals surface area contributed by atoms with Crippen LogP contribution in [0, 0.1) is 0 Å². The van der Waals surface area contributed by atoms with Gasteiger partial charge in [0.05, 0.1) is 11.4 Å². The van der Waals surface area contributed by atoms with Crippen LogP contribution in [0.2, 0.25) is 0 Å². The lowest BCUT2D eigenvalue weighted by atomic mass is 10.1. The number of rotatable bonds is 6. The molecule has 26 heavy (non-hydrogen) atoms. The normalized spacial score (nSPS) is 17.1. The Hall–Kier alpha value is -2.35. The zero-order valence-corrected chi connectivity index (χ0v) is 15.8. The zero-order chi connectivity index (χ0) is 18.4. The van der Waals surface area contributed by atoms with E-state index in [1.807, 2.05) is 46.3 Å². The van der Waals surface area contributed by atoms with E-state index in [1.165, 1.54) is 11.3 Å². The molecule has 1 aliphatic heterocycles. The third kappa shape index (κ3) is 4.63. The lowest BCUT2D eigenvalue weighted by Gasteiger charge is -2.34. The maximum atomic E-state index is 12.6. The van der Waals surface area contributed by atoms with Crippen molar-refractivity contribution in [2.45, 2.75) is 32.4 Å². The average molecular weight is 375 g/mol. The molecule has 0 unspecified atom stereocenters. The lowest BCUT2D eigenvalue weighted by Crippen LogP contribution is -2.53. The molecule has 1 fully saturated rings. The number of hydrogen-bond acceptors (Lipinski definition) is 4. The van der Waals surface area contributed by atoms with Gasteiger partial charge in [0.25, 0.3) is 5.91 Å². The minimum atomic E-state index is -0.0740. The minimum Gasteiger partial charge on any atom is -0.336 e. The van der Waals surface area contributed by atoms with Gasteiger partial charge in [-0.3, -0.25) is 9.48 Å². The van der Waals surface area contributed by atoms with Crippen molar-refractivity contribution >= 4 is 23.3 Å². The monoisotopic (exact) mass is 375 g/mol. The van der Waals surface area contributed by atoms with Crippen molar-refractivity contribution < 1.29 is 9.59 Å². The second-order valence-electron chi connectivity index (χ2n) is 6.37. The number of carbonyl (C=O) groups is 2. The molecule has 0 aromatic carbocycles. The number of piperidine rings is 1. The summed E-state index contributed by atoms with van der Waals surface area (Å²) in [4.78, 5) is 29.5.